The molecular formula is C12H18BrNO3. The topological polar surface area (TPSA) is 53.7 Å². The van der Waals surface area contributed by atoms with Gasteiger partial charge in [-0.15, -0.1) is 0 Å². The van der Waals surface area contributed by atoms with Crippen LogP contribution in [0.4, 0.5) is 5.69 Å². The Balaban J connectivity index is 2.15. The summed E-state index contributed by atoms with van der Waals surface area (Å²) in [6, 6.07) is 5.47. The Hall–Kier alpha value is -0.780. The molecule has 2 N–H and O–H groups in total. The maximum Gasteiger partial charge on any atom is 0.135 e. The van der Waals surface area contributed by atoms with E-state index in [2.05, 4.69) is 15.9 Å². The Kier molecular flexibility index (Phi) is 7.00. The summed E-state index contributed by atoms with van der Waals surface area (Å²) in [6.45, 7) is 2.48. The third-order valence-corrected chi connectivity index (χ3v) is 2.73. The number of methoxy groups -OCH3 is 1. The summed E-state index contributed by atoms with van der Waals surface area (Å²) in [6.07, 6.45) is 0.901. The molecule has 0 fully saturated rings. The number of benzene rings is 1. The molecule has 0 atom stereocenters. The zero-order valence-corrected chi connectivity index (χ0v) is 11.5. The quantitative estimate of drug-likeness (QED) is 0.592. The predicted octanol–water partition coefficient (Wildman–Crippen LogP) is 2.46. The molecule has 1 rings (SSSR count). The largest absolute Gasteiger partial charge is 0.490 e. The van der Waals surface area contributed by atoms with Gasteiger partial charge in [0, 0.05) is 32.1 Å². The van der Waals surface area contributed by atoms with E-state index in [0.29, 0.717) is 25.5 Å². The molecule has 0 saturated carbocycles. The van der Waals surface area contributed by atoms with Gasteiger partial charge in [-0.05, 0) is 34.5 Å². The SMILES string of the molecule is COCCCOCCOc1cc(N)ccc1Br. The number of anilines is 1. The van der Waals surface area contributed by atoms with Gasteiger partial charge in [-0.3, -0.25) is 0 Å². The molecule has 0 unspecified atom stereocenters. The van der Waals surface area contributed by atoms with Gasteiger partial charge in [0.15, 0.2) is 0 Å². The lowest BCUT2D eigenvalue weighted by atomic mass is 10.3. The third-order valence-electron chi connectivity index (χ3n) is 2.08. The molecule has 4 nitrogen and oxygen atoms in total. The Labute approximate surface area is 110 Å². The van der Waals surface area contributed by atoms with Crippen LogP contribution in [0.25, 0.3) is 0 Å². The first-order valence-corrected chi connectivity index (χ1v) is 6.28. The summed E-state index contributed by atoms with van der Waals surface area (Å²) in [7, 11) is 1.68. The summed E-state index contributed by atoms with van der Waals surface area (Å²) in [5.74, 6) is 0.741. The zero-order chi connectivity index (χ0) is 12.5. The zero-order valence-electron chi connectivity index (χ0n) is 9.95. The van der Waals surface area contributed by atoms with Crippen molar-refractivity contribution in [3.8, 4) is 5.75 Å². The molecule has 1 aromatic rings. The van der Waals surface area contributed by atoms with Crippen molar-refractivity contribution in [3.05, 3.63) is 22.7 Å². The van der Waals surface area contributed by atoms with Crippen LogP contribution in [0.15, 0.2) is 22.7 Å². The lowest BCUT2D eigenvalue weighted by Gasteiger charge is -2.09. The fourth-order valence-electron chi connectivity index (χ4n) is 1.25. The molecule has 0 aromatic heterocycles. The third kappa shape index (κ3) is 5.91. The number of halogens is 1. The van der Waals surface area contributed by atoms with E-state index in [9.17, 15) is 0 Å². The molecule has 0 aliphatic carbocycles. The Morgan fingerprint density at radius 1 is 1.18 bits per heavy atom. The highest BCUT2D eigenvalue weighted by Crippen LogP contribution is 2.26. The molecule has 0 aliphatic rings. The van der Waals surface area contributed by atoms with Crippen molar-refractivity contribution in [3.63, 3.8) is 0 Å². The average molecular weight is 304 g/mol. The molecule has 96 valence electrons. The fraction of sp³-hybridized carbons (Fsp3) is 0.500. The second-order valence-electron chi connectivity index (χ2n) is 3.50. The summed E-state index contributed by atoms with van der Waals surface area (Å²) < 4.78 is 16.7. The first-order valence-electron chi connectivity index (χ1n) is 5.48. The van der Waals surface area contributed by atoms with Crippen LogP contribution in [0.2, 0.25) is 0 Å². The van der Waals surface area contributed by atoms with Crippen LogP contribution < -0.4 is 10.5 Å². The predicted molar refractivity (Wildman–Crippen MR) is 71.4 cm³/mol. The molecule has 0 spiro atoms. The van der Waals surface area contributed by atoms with E-state index < -0.39 is 0 Å². The van der Waals surface area contributed by atoms with Crippen LogP contribution in [-0.2, 0) is 9.47 Å². The van der Waals surface area contributed by atoms with Gasteiger partial charge >= 0.3 is 0 Å². The van der Waals surface area contributed by atoms with Crippen LogP contribution in [0.5, 0.6) is 5.75 Å². The van der Waals surface area contributed by atoms with Gasteiger partial charge in [-0.1, -0.05) is 0 Å². The first kappa shape index (κ1) is 14.3. The molecule has 0 heterocycles. The van der Waals surface area contributed by atoms with Crippen molar-refractivity contribution in [2.24, 2.45) is 0 Å². The minimum absolute atomic E-state index is 0.509. The van der Waals surface area contributed by atoms with E-state index in [4.69, 9.17) is 19.9 Å². The summed E-state index contributed by atoms with van der Waals surface area (Å²) in [5.41, 5.74) is 6.35. The Morgan fingerprint density at radius 3 is 2.76 bits per heavy atom. The number of rotatable bonds is 8. The van der Waals surface area contributed by atoms with Gasteiger partial charge in [-0.25, -0.2) is 0 Å². The second kappa shape index (κ2) is 8.33. The Bertz CT molecular complexity index is 334. The van der Waals surface area contributed by atoms with E-state index in [1.165, 1.54) is 0 Å². The van der Waals surface area contributed by atoms with E-state index >= 15 is 0 Å². The summed E-state index contributed by atoms with van der Waals surface area (Å²) in [4.78, 5) is 0. The number of ether oxygens (including phenoxy) is 3. The molecule has 0 radical (unpaired) electrons. The van der Waals surface area contributed by atoms with Gasteiger partial charge in [0.2, 0.25) is 0 Å². The minimum atomic E-state index is 0.509. The number of nitrogens with two attached hydrogens (primary N) is 1. The van der Waals surface area contributed by atoms with Crippen molar-refractivity contribution in [1.29, 1.82) is 0 Å². The molecule has 0 bridgehead atoms. The highest BCUT2D eigenvalue weighted by atomic mass is 79.9. The van der Waals surface area contributed by atoms with E-state index in [1.54, 1.807) is 13.2 Å². The van der Waals surface area contributed by atoms with Gasteiger partial charge in [0.1, 0.15) is 12.4 Å². The highest BCUT2D eigenvalue weighted by molar-refractivity contribution is 9.10. The molecule has 17 heavy (non-hydrogen) atoms. The lowest BCUT2D eigenvalue weighted by molar-refractivity contribution is 0.0805. The normalized spacial score (nSPS) is 10.5. The molecule has 0 saturated heterocycles. The fourth-order valence-corrected chi connectivity index (χ4v) is 1.61. The number of hydrogen-bond acceptors (Lipinski definition) is 4. The lowest BCUT2D eigenvalue weighted by Crippen LogP contribution is -2.09. The van der Waals surface area contributed by atoms with Crippen molar-refractivity contribution in [2.45, 2.75) is 6.42 Å². The van der Waals surface area contributed by atoms with E-state index in [1.807, 2.05) is 12.1 Å². The average Bonchev–Trinajstić information content (AvgIpc) is 2.32. The first-order chi connectivity index (χ1) is 8.24. The second-order valence-corrected chi connectivity index (χ2v) is 4.35. The minimum Gasteiger partial charge on any atom is -0.490 e. The molecular weight excluding hydrogens is 286 g/mol. The van der Waals surface area contributed by atoms with Gasteiger partial charge in [0.05, 0.1) is 11.1 Å². The Morgan fingerprint density at radius 2 is 2.00 bits per heavy atom. The van der Waals surface area contributed by atoms with Gasteiger partial charge < -0.3 is 19.9 Å². The molecule has 0 amide bonds. The van der Waals surface area contributed by atoms with Crippen molar-refractivity contribution >= 4 is 21.6 Å². The maximum atomic E-state index is 5.67. The van der Waals surface area contributed by atoms with Gasteiger partial charge in [0.25, 0.3) is 0 Å². The smallest absolute Gasteiger partial charge is 0.135 e. The standard InChI is InChI=1S/C12H18BrNO3/c1-15-5-2-6-16-7-8-17-12-9-10(14)3-4-11(12)13/h3-4,9H,2,5-8,14H2,1H3. The summed E-state index contributed by atoms with van der Waals surface area (Å²) in [5, 5.41) is 0. The molecule has 0 aliphatic heterocycles. The van der Waals surface area contributed by atoms with Crippen LogP contribution in [0.1, 0.15) is 6.42 Å². The van der Waals surface area contributed by atoms with Crippen molar-refractivity contribution < 1.29 is 14.2 Å². The maximum absolute atomic E-state index is 5.67. The highest BCUT2D eigenvalue weighted by Gasteiger charge is 2.01. The molecule has 5 heteroatoms. The number of hydrogen-bond donors (Lipinski definition) is 1. The van der Waals surface area contributed by atoms with Gasteiger partial charge in [-0.2, -0.15) is 0 Å². The van der Waals surface area contributed by atoms with Crippen LogP contribution in [-0.4, -0.2) is 33.5 Å². The van der Waals surface area contributed by atoms with E-state index in [-0.39, 0.29) is 0 Å². The van der Waals surface area contributed by atoms with Crippen LogP contribution in [0, 0.1) is 0 Å². The van der Waals surface area contributed by atoms with Crippen LogP contribution >= 0.6 is 15.9 Å². The molecule has 1 aromatic carbocycles. The summed E-state index contributed by atoms with van der Waals surface area (Å²) >= 11 is 3.40. The van der Waals surface area contributed by atoms with Crippen molar-refractivity contribution in [1.82, 2.24) is 0 Å². The van der Waals surface area contributed by atoms with E-state index in [0.717, 1.165) is 23.2 Å². The van der Waals surface area contributed by atoms with Crippen LogP contribution in [0.3, 0.4) is 0 Å². The monoisotopic (exact) mass is 303 g/mol. The number of nitrogen functional groups attached to an aromatic ring is 1. The van der Waals surface area contributed by atoms with Crippen molar-refractivity contribution in [2.75, 3.05) is 39.3 Å².